The Morgan fingerprint density at radius 3 is 2.67 bits per heavy atom. The molecule has 128 valence electrons. The topological polar surface area (TPSA) is 75.1 Å². The highest BCUT2D eigenvalue weighted by Crippen LogP contribution is 2.35. The van der Waals surface area contributed by atoms with E-state index in [1.807, 2.05) is 39.8 Å². The van der Waals surface area contributed by atoms with Gasteiger partial charge in [-0.05, 0) is 25.8 Å². The molecular weight excluding hydrogens is 304 g/mol. The van der Waals surface area contributed by atoms with Crippen LogP contribution in [0.1, 0.15) is 46.2 Å². The van der Waals surface area contributed by atoms with Crippen LogP contribution in [0.2, 0.25) is 0 Å². The standard InChI is InChI=1S/C17H18N2O3.C2H6/c1-3-4-5-11-10(2)8-9-19-15(11)16(21)14-12(17(19)22)6-7-13(20)18-14;1-2/h4-7,21H,3,8-9H2,1-2H3,(H,18,20);1-2H3/b5-4-;. The lowest BCUT2D eigenvalue weighted by Crippen LogP contribution is -2.27. The number of hydrogen-bond donors (Lipinski definition) is 2. The van der Waals surface area contributed by atoms with Gasteiger partial charge in [-0.2, -0.15) is 0 Å². The normalized spacial score (nSPS) is 13.8. The molecule has 2 aromatic rings. The molecule has 5 heteroatoms. The lowest BCUT2D eigenvalue weighted by Gasteiger charge is -2.23. The van der Waals surface area contributed by atoms with Gasteiger partial charge in [0, 0.05) is 18.2 Å². The fraction of sp³-hybridized carbons (Fsp3) is 0.368. The van der Waals surface area contributed by atoms with Crippen LogP contribution in [-0.2, 0) is 6.54 Å². The summed E-state index contributed by atoms with van der Waals surface area (Å²) in [4.78, 5) is 26.8. The minimum absolute atomic E-state index is 0.0397. The van der Waals surface area contributed by atoms with Crippen molar-refractivity contribution >= 4 is 16.5 Å². The molecule has 0 bridgehead atoms. The second kappa shape index (κ2) is 7.34. The van der Waals surface area contributed by atoms with Crippen molar-refractivity contribution in [3.63, 3.8) is 0 Å². The molecular formula is C19H24N2O3. The average Bonchev–Trinajstić information content (AvgIpc) is 2.60. The van der Waals surface area contributed by atoms with Crippen LogP contribution in [0.15, 0.2) is 39.4 Å². The molecule has 0 aromatic carbocycles. The quantitative estimate of drug-likeness (QED) is 0.885. The number of H-pyrrole nitrogens is 1. The first kappa shape index (κ1) is 17.8. The van der Waals surface area contributed by atoms with E-state index in [9.17, 15) is 14.7 Å². The molecule has 0 saturated heterocycles. The molecule has 0 amide bonds. The fourth-order valence-electron chi connectivity index (χ4n) is 2.89. The van der Waals surface area contributed by atoms with Gasteiger partial charge in [0.15, 0.2) is 5.75 Å². The Kier molecular flexibility index (Phi) is 5.44. The summed E-state index contributed by atoms with van der Waals surface area (Å²) in [6, 6.07) is 2.77. The first-order valence-electron chi connectivity index (χ1n) is 8.40. The van der Waals surface area contributed by atoms with Crippen LogP contribution in [0.25, 0.3) is 16.5 Å². The van der Waals surface area contributed by atoms with Crippen LogP contribution in [0, 0.1) is 0 Å². The molecule has 0 atom stereocenters. The van der Waals surface area contributed by atoms with Gasteiger partial charge in [0.1, 0.15) is 0 Å². The summed E-state index contributed by atoms with van der Waals surface area (Å²) in [5.74, 6) is -0.0397. The van der Waals surface area contributed by atoms with Gasteiger partial charge in [-0.25, -0.2) is 0 Å². The highest BCUT2D eigenvalue weighted by Gasteiger charge is 2.23. The van der Waals surface area contributed by atoms with Crippen LogP contribution in [0.5, 0.6) is 5.75 Å². The van der Waals surface area contributed by atoms with Gasteiger partial charge in [-0.15, -0.1) is 0 Å². The van der Waals surface area contributed by atoms with Crippen molar-refractivity contribution < 1.29 is 5.11 Å². The van der Waals surface area contributed by atoms with E-state index >= 15 is 0 Å². The van der Waals surface area contributed by atoms with E-state index in [-0.39, 0.29) is 22.4 Å². The second-order valence-electron chi connectivity index (χ2n) is 5.52. The molecule has 1 aliphatic rings. The van der Waals surface area contributed by atoms with Crippen molar-refractivity contribution in [2.45, 2.75) is 47.1 Å². The summed E-state index contributed by atoms with van der Waals surface area (Å²) < 4.78 is 1.60. The number of aromatic nitrogens is 2. The SMILES string of the molecule is CC.CC/C=C\C1=C(C)CCn2c1c(O)c1[nH]c(=O)ccc1c2=O. The molecule has 5 nitrogen and oxygen atoms in total. The van der Waals surface area contributed by atoms with E-state index in [2.05, 4.69) is 4.98 Å². The van der Waals surface area contributed by atoms with E-state index in [0.29, 0.717) is 17.6 Å². The third-order valence-electron chi connectivity index (χ3n) is 4.07. The lowest BCUT2D eigenvalue weighted by molar-refractivity contribution is 0.465. The van der Waals surface area contributed by atoms with Crippen molar-refractivity contribution in [1.29, 1.82) is 0 Å². The maximum atomic E-state index is 12.6. The van der Waals surface area contributed by atoms with E-state index < -0.39 is 0 Å². The lowest BCUT2D eigenvalue weighted by atomic mass is 9.96. The zero-order chi connectivity index (χ0) is 17.9. The minimum atomic E-state index is -0.339. The van der Waals surface area contributed by atoms with Crippen molar-refractivity contribution in [2.24, 2.45) is 0 Å². The van der Waals surface area contributed by atoms with E-state index in [0.717, 1.165) is 24.0 Å². The summed E-state index contributed by atoms with van der Waals surface area (Å²) in [5, 5.41) is 11.0. The van der Waals surface area contributed by atoms with Gasteiger partial charge in [-0.3, -0.25) is 9.59 Å². The predicted octanol–water partition coefficient (Wildman–Crippen LogP) is 3.57. The van der Waals surface area contributed by atoms with E-state index in [4.69, 9.17) is 0 Å². The summed E-state index contributed by atoms with van der Waals surface area (Å²) in [6.45, 7) is 8.56. The maximum Gasteiger partial charge on any atom is 0.260 e. The number of allylic oxidation sites excluding steroid dienone is 4. The van der Waals surface area contributed by atoms with Crippen LogP contribution >= 0.6 is 0 Å². The molecule has 1 aliphatic heterocycles. The average molecular weight is 328 g/mol. The highest BCUT2D eigenvalue weighted by atomic mass is 16.3. The van der Waals surface area contributed by atoms with Crippen molar-refractivity contribution in [2.75, 3.05) is 0 Å². The Morgan fingerprint density at radius 1 is 1.29 bits per heavy atom. The number of hydrogen-bond acceptors (Lipinski definition) is 3. The van der Waals surface area contributed by atoms with Crippen molar-refractivity contribution in [1.82, 2.24) is 9.55 Å². The van der Waals surface area contributed by atoms with Gasteiger partial charge in [-0.1, -0.05) is 38.5 Å². The van der Waals surface area contributed by atoms with E-state index in [1.54, 1.807) is 4.57 Å². The summed E-state index contributed by atoms with van der Waals surface area (Å²) >= 11 is 0. The summed E-state index contributed by atoms with van der Waals surface area (Å²) in [7, 11) is 0. The van der Waals surface area contributed by atoms with Gasteiger partial charge in [0.25, 0.3) is 5.56 Å². The number of nitrogens with zero attached hydrogens (tertiary/aromatic N) is 1. The third kappa shape index (κ3) is 2.94. The van der Waals surface area contributed by atoms with Crippen LogP contribution in [-0.4, -0.2) is 14.7 Å². The molecule has 0 saturated carbocycles. The molecule has 2 aromatic heterocycles. The van der Waals surface area contributed by atoms with Crippen molar-refractivity contribution in [3.05, 3.63) is 56.3 Å². The Labute approximate surface area is 141 Å². The summed E-state index contributed by atoms with van der Waals surface area (Å²) in [5.41, 5.74) is 2.16. The number of aromatic hydroxyl groups is 1. The van der Waals surface area contributed by atoms with Gasteiger partial charge in [0.05, 0.1) is 16.6 Å². The number of fused-ring (bicyclic) bond motifs is 2. The van der Waals surface area contributed by atoms with Gasteiger partial charge < -0.3 is 14.7 Å². The highest BCUT2D eigenvalue weighted by molar-refractivity contribution is 5.91. The monoisotopic (exact) mass is 328 g/mol. The van der Waals surface area contributed by atoms with E-state index in [1.165, 1.54) is 12.1 Å². The third-order valence-corrected chi connectivity index (χ3v) is 4.07. The molecule has 3 rings (SSSR count). The molecule has 24 heavy (non-hydrogen) atoms. The first-order valence-corrected chi connectivity index (χ1v) is 8.40. The van der Waals surface area contributed by atoms with Crippen molar-refractivity contribution in [3.8, 4) is 5.75 Å². The molecule has 0 aliphatic carbocycles. The van der Waals surface area contributed by atoms with Crippen LogP contribution in [0.4, 0.5) is 0 Å². The molecule has 0 radical (unpaired) electrons. The second-order valence-corrected chi connectivity index (χ2v) is 5.52. The smallest absolute Gasteiger partial charge is 0.260 e. The van der Waals surface area contributed by atoms with Gasteiger partial charge in [0.2, 0.25) is 5.56 Å². The number of aromatic amines is 1. The molecule has 0 fully saturated rings. The zero-order valence-corrected chi connectivity index (χ0v) is 14.6. The first-order chi connectivity index (χ1) is 11.5. The van der Waals surface area contributed by atoms with Crippen LogP contribution < -0.4 is 11.1 Å². The Morgan fingerprint density at radius 2 is 2.00 bits per heavy atom. The number of nitrogens with one attached hydrogen (secondary N) is 1. The molecule has 3 heterocycles. The maximum absolute atomic E-state index is 12.6. The largest absolute Gasteiger partial charge is 0.504 e. The minimum Gasteiger partial charge on any atom is -0.504 e. The fourth-order valence-corrected chi connectivity index (χ4v) is 2.89. The Hall–Kier alpha value is -2.56. The Bertz CT molecular complexity index is 930. The number of rotatable bonds is 2. The molecule has 2 N–H and O–H groups in total. The van der Waals surface area contributed by atoms with Gasteiger partial charge >= 0.3 is 0 Å². The number of pyridine rings is 2. The Balaban J connectivity index is 0.00000100. The van der Waals surface area contributed by atoms with Crippen LogP contribution in [0.3, 0.4) is 0 Å². The molecule has 0 spiro atoms. The molecule has 0 unspecified atom stereocenters. The predicted molar refractivity (Wildman–Crippen MR) is 98.5 cm³/mol. The summed E-state index contributed by atoms with van der Waals surface area (Å²) in [6.07, 6.45) is 5.57. The zero-order valence-electron chi connectivity index (χ0n) is 14.6.